The molecule has 0 radical (unpaired) electrons. The first kappa shape index (κ1) is 17.3. The number of amides is 1. The van der Waals surface area contributed by atoms with Crippen molar-refractivity contribution in [3.8, 4) is 0 Å². The van der Waals surface area contributed by atoms with Gasteiger partial charge in [0.05, 0.1) is 0 Å². The molecule has 20 heavy (non-hydrogen) atoms. The van der Waals surface area contributed by atoms with Crippen LogP contribution in [0.1, 0.15) is 66.7 Å². The molecule has 0 bridgehead atoms. The van der Waals surface area contributed by atoms with E-state index in [1.165, 1.54) is 32.1 Å². The third-order valence-corrected chi connectivity index (χ3v) is 3.90. The van der Waals surface area contributed by atoms with Crippen molar-refractivity contribution in [3.05, 3.63) is 0 Å². The maximum atomic E-state index is 11.6. The van der Waals surface area contributed by atoms with Gasteiger partial charge >= 0.3 is 6.09 Å². The lowest BCUT2D eigenvalue weighted by atomic mass is 9.84. The summed E-state index contributed by atoms with van der Waals surface area (Å²) < 4.78 is 5.25. The van der Waals surface area contributed by atoms with E-state index in [0.717, 1.165) is 12.5 Å². The van der Waals surface area contributed by atoms with Crippen LogP contribution in [0.25, 0.3) is 0 Å². The number of hydrogen-bond acceptors (Lipinski definition) is 3. The number of hydrogen-bond donors (Lipinski definition) is 2. The fourth-order valence-electron chi connectivity index (χ4n) is 2.68. The monoisotopic (exact) mass is 284 g/mol. The zero-order valence-electron chi connectivity index (χ0n) is 13.8. The molecule has 0 aromatic heterocycles. The highest BCUT2D eigenvalue weighted by Crippen LogP contribution is 2.26. The minimum atomic E-state index is -0.435. The van der Waals surface area contributed by atoms with E-state index in [-0.39, 0.29) is 12.1 Å². The van der Waals surface area contributed by atoms with Crippen molar-refractivity contribution in [2.45, 2.75) is 84.4 Å². The molecule has 1 saturated carbocycles. The van der Waals surface area contributed by atoms with Crippen molar-refractivity contribution in [1.29, 1.82) is 0 Å². The largest absolute Gasteiger partial charge is 0.444 e. The first-order chi connectivity index (χ1) is 9.30. The average Bonchev–Trinajstić information content (AvgIpc) is 2.34. The van der Waals surface area contributed by atoms with E-state index in [9.17, 15) is 4.79 Å². The van der Waals surface area contributed by atoms with Gasteiger partial charge in [-0.25, -0.2) is 4.79 Å². The molecule has 1 aliphatic carbocycles. The first-order valence-electron chi connectivity index (χ1n) is 8.03. The lowest BCUT2D eigenvalue weighted by Gasteiger charge is -2.29. The Hall–Kier alpha value is -0.770. The van der Waals surface area contributed by atoms with E-state index in [1.54, 1.807) is 0 Å². The zero-order valence-corrected chi connectivity index (χ0v) is 13.8. The zero-order chi connectivity index (χ0) is 15.2. The summed E-state index contributed by atoms with van der Waals surface area (Å²) in [5.74, 6) is 0.922. The minimum absolute atomic E-state index is 0.0914. The normalized spacial score (nSPS) is 25.1. The molecule has 4 heteroatoms. The maximum Gasteiger partial charge on any atom is 0.407 e. The minimum Gasteiger partial charge on any atom is -0.444 e. The molecule has 0 aromatic carbocycles. The van der Waals surface area contributed by atoms with Crippen molar-refractivity contribution in [2.24, 2.45) is 5.92 Å². The summed E-state index contributed by atoms with van der Waals surface area (Å²) in [5.41, 5.74) is -0.435. The smallest absolute Gasteiger partial charge is 0.407 e. The van der Waals surface area contributed by atoms with E-state index in [0.29, 0.717) is 6.04 Å². The lowest BCUT2D eigenvalue weighted by Crippen LogP contribution is -2.45. The highest BCUT2D eigenvalue weighted by molar-refractivity contribution is 5.68. The van der Waals surface area contributed by atoms with E-state index >= 15 is 0 Å². The van der Waals surface area contributed by atoms with Crippen LogP contribution < -0.4 is 10.6 Å². The number of alkyl carbamates (subject to hydrolysis) is 1. The van der Waals surface area contributed by atoms with E-state index in [2.05, 4.69) is 17.6 Å². The molecule has 0 aliphatic heterocycles. The molecule has 0 aromatic rings. The molecule has 1 unspecified atom stereocenters. The summed E-state index contributed by atoms with van der Waals surface area (Å²) in [5, 5.41) is 6.44. The highest BCUT2D eigenvalue weighted by atomic mass is 16.6. The van der Waals surface area contributed by atoms with E-state index < -0.39 is 5.60 Å². The molecule has 2 N–H and O–H groups in total. The van der Waals surface area contributed by atoms with Crippen LogP contribution in [0.5, 0.6) is 0 Å². The Bertz CT molecular complexity index is 291. The fourth-order valence-corrected chi connectivity index (χ4v) is 2.68. The molecule has 1 aliphatic rings. The fraction of sp³-hybridized carbons (Fsp3) is 0.938. The van der Waals surface area contributed by atoms with Crippen LogP contribution in [-0.4, -0.2) is 30.3 Å². The van der Waals surface area contributed by atoms with Gasteiger partial charge < -0.3 is 15.4 Å². The van der Waals surface area contributed by atoms with Crippen molar-refractivity contribution >= 4 is 6.09 Å². The van der Waals surface area contributed by atoms with Crippen LogP contribution in [0.15, 0.2) is 0 Å². The van der Waals surface area contributed by atoms with Crippen molar-refractivity contribution in [2.75, 3.05) is 6.54 Å². The van der Waals surface area contributed by atoms with Gasteiger partial charge in [-0.15, -0.1) is 0 Å². The van der Waals surface area contributed by atoms with Crippen molar-refractivity contribution in [1.82, 2.24) is 10.6 Å². The molecular formula is C16H32N2O2. The summed E-state index contributed by atoms with van der Waals surface area (Å²) in [6.45, 7) is 10.7. The highest BCUT2D eigenvalue weighted by Gasteiger charge is 2.21. The van der Waals surface area contributed by atoms with Gasteiger partial charge in [0.15, 0.2) is 0 Å². The van der Waals surface area contributed by atoms with Gasteiger partial charge in [0.25, 0.3) is 0 Å². The Balaban J connectivity index is 2.17. The summed E-state index contributed by atoms with van der Waals surface area (Å²) >= 11 is 0. The standard InChI is InChI=1S/C16H32N2O2/c1-6-13-7-9-14(10-8-13)17-11-12(2)18-15(19)20-16(3,4)5/h12-14,17H,6-11H2,1-5H3,(H,18,19). The third-order valence-electron chi connectivity index (χ3n) is 3.90. The predicted octanol–water partition coefficient (Wildman–Crippen LogP) is 3.46. The molecule has 0 saturated heterocycles. The Kier molecular flexibility index (Phi) is 6.80. The Morgan fingerprint density at radius 1 is 1.25 bits per heavy atom. The Morgan fingerprint density at radius 3 is 2.35 bits per heavy atom. The van der Waals surface area contributed by atoms with Crippen LogP contribution in [0.4, 0.5) is 4.79 Å². The van der Waals surface area contributed by atoms with Gasteiger partial charge in [-0.1, -0.05) is 13.3 Å². The summed E-state index contributed by atoms with van der Waals surface area (Å²) in [4.78, 5) is 11.6. The van der Waals surface area contributed by atoms with Crippen LogP contribution in [0.3, 0.4) is 0 Å². The molecule has 1 amide bonds. The van der Waals surface area contributed by atoms with Gasteiger partial charge in [-0.3, -0.25) is 0 Å². The number of carbonyl (C=O) groups excluding carboxylic acids is 1. The van der Waals surface area contributed by atoms with Crippen LogP contribution >= 0.6 is 0 Å². The van der Waals surface area contributed by atoms with Crippen LogP contribution in [0.2, 0.25) is 0 Å². The topological polar surface area (TPSA) is 50.4 Å². The number of rotatable bonds is 5. The summed E-state index contributed by atoms with van der Waals surface area (Å²) in [6, 6.07) is 0.703. The van der Waals surface area contributed by atoms with E-state index in [4.69, 9.17) is 4.74 Å². The van der Waals surface area contributed by atoms with Gasteiger partial charge in [-0.2, -0.15) is 0 Å². The van der Waals surface area contributed by atoms with Gasteiger partial charge in [0.1, 0.15) is 5.60 Å². The molecule has 0 spiro atoms. The maximum absolute atomic E-state index is 11.6. The first-order valence-corrected chi connectivity index (χ1v) is 8.03. The molecule has 0 heterocycles. The van der Waals surface area contributed by atoms with Crippen LogP contribution in [-0.2, 0) is 4.74 Å². The van der Waals surface area contributed by atoms with Gasteiger partial charge in [-0.05, 0) is 59.3 Å². The molecule has 118 valence electrons. The van der Waals surface area contributed by atoms with Crippen molar-refractivity contribution < 1.29 is 9.53 Å². The summed E-state index contributed by atoms with van der Waals surface area (Å²) in [6.07, 6.45) is 6.17. The average molecular weight is 284 g/mol. The van der Waals surface area contributed by atoms with Gasteiger partial charge in [0, 0.05) is 18.6 Å². The lowest BCUT2D eigenvalue weighted by molar-refractivity contribution is 0.0507. The van der Waals surface area contributed by atoms with E-state index in [1.807, 2.05) is 27.7 Å². The molecule has 4 nitrogen and oxygen atoms in total. The predicted molar refractivity (Wildman–Crippen MR) is 82.9 cm³/mol. The summed E-state index contributed by atoms with van der Waals surface area (Å²) in [7, 11) is 0. The SMILES string of the molecule is CCC1CCC(NCC(C)NC(=O)OC(C)(C)C)CC1. The molecule has 1 rings (SSSR count). The second-order valence-corrected chi connectivity index (χ2v) is 7.08. The molecule has 1 fully saturated rings. The Morgan fingerprint density at radius 2 is 1.85 bits per heavy atom. The van der Waals surface area contributed by atoms with Crippen LogP contribution in [0, 0.1) is 5.92 Å². The van der Waals surface area contributed by atoms with Crippen molar-refractivity contribution in [3.63, 3.8) is 0 Å². The van der Waals surface area contributed by atoms with Gasteiger partial charge in [0.2, 0.25) is 0 Å². The number of nitrogens with one attached hydrogen (secondary N) is 2. The third kappa shape index (κ3) is 7.13. The second-order valence-electron chi connectivity index (χ2n) is 7.08. The molecular weight excluding hydrogens is 252 g/mol. The number of ether oxygens (including phenoxy) is 1. The quantitative estimate of drug-likeness (QED) is 0.813. The Labute approximate surface area is 124 Å². The second kappa shape index (κ2) is 7.87. The molecule has 1 atom stereocenters. The number of carbonyl (C=O) groups is 1.